The number of carbonyl (C=O) groups excluding carboxylic acids is 1. The molecule has 1 fully saturated rings. The fourth-order valence-corrected chi connectivity index (χ4v) is 2.94. The van der Waals surface area contributed by atoms with Gasteiger partial charge in [-0.25, -0.2) is 4.79 Å². The van der Waals surface area contributed by atoms with E-state index in [0.29, 0.717) is 29.7 Å². The summed E-state index contributed by atoms with van der Waals surface area (Å²) in [6.45, 7) is 1.68. The Balaban J connectivity index is 0.00000243. The first-order valence-electron chi connectivity index (χ1n) is 7.64. The van der Waals surface area contributed by atoms with Crippen LogP contribution in [0.25, 0.3) is 0 Å². The fraction of sp³-hybridized carbons (Fsp3) is 0.400. The molecular formula is C15H17Cl3N4O4. The average molecular weight is 424 g/mol. The lowest BCUT2D eigenvalue weighted by molar-refractivity contribution is -0.122. The summed E-state index contributed by atoms with van der Waals surface area (Å²) >= 11 is 12.1. The van der Waals surface area contributed by atoms with E-state index < -0.39 is 5.76 Å². The summed E-state index contributed by atoms with van der Waals surface area (Å²) < 4.78 is 10.3. The molecule has 0 spiro atoms. The number of nitrogens with zero attached hydrogens (tertiary/aromatic N) is 1. The minimum atomic E-state index is -0.698. The van der Waals surface area contributed by atoms with Crippen molar-refractivity contribution in [2.45, 2.75) is 18.6 Å². The molecule has 1 aliphatic heterocycles. The summed E-state index contributed by atoms with van der Waals surface area (Å²) in [5.41, 5.74) is 0.818. The Labute approximate surface area is 165 Å². The third-order valence-corrected chi connectivity index (χ3v) is 4.48. The molecule has 1 saturated heterocycles. The lowest BCUT2D eigenvalue weighted by Gasteiger charge is -2.26. The van der Waals surface area contributed by atoms with Gasteiger partial charge in [0.1, 0.15) is 6.10 Å². The molecule has 1 amide bonds. The number of hydrogen-bond donors (Lipinski definition) is 3. The fourth-order valence-electron chi connectivity index (χ4n) is 2.63. The summed E-state index contributed by atoms with van der Waals surface area (Å²) in [5.74, 6) is -0.848. The van der Waals surface area contributed by atoms with Crippen molar-refractivity contribution in [2.24, 2.45) is 0 Å². The molecule has 0 radical (unpaired) electrons. The predicted molar refractivity (Wildman–Crippen MR) is 98.0 cm³/mol. The number of aromatic nitrogens is 2. The Morgan fingerprint density at radius 1 is 1.35 bits per heavy atom. The van der Waals surface area contributed by atoms with Crippen molar-refractivity contribution in [3.05, 3.63) is 50.2 Å². The number of halogens is 3. The van der Waals surface area contributed by atoms with Gasteiger partial charge in [0, 0.05) is 13.1 Å². The second-order valence-corrected chi connectivity index (χ2v) is 6.38. The highest BCUT2D eigenvalue weighted by Crippen LogP contribution is 2.29. The minimum Gasteiger partial charge on any atom is -0.370 e. The van der Waals surface area contributed by atoms with Gasteiger partial charge in [-0.05, 0) is 17.7 Å². The molecule has 3 rings (SSSR count). The zero-order chi connectivity index (χ0) is 17.8. The van der Waals surface area contributed by atoms with E-state index in [1.165, 1.54) is 0 Å². The molecule has 142 valence electrons. The maximum absolute atomic E-state index is 12.3. The zero-order valence-electron chi connectivity index (χ0n) is 13.5. The summed E-state index contributed by atoms with van der Waals surface area (Å²) in [7, 11) is 0. The quantitative estimate of drug-likeness (QED) is 0.687. The van der Waals surface area contributed by atoms with Crippen molar-refractivity contribution in [3.63, 3.8) is 0 Å². The Bertz CT molecular complexity index is 810. The van der Waals surface area contributed by atoms with Crippen LogP contribution in [0, 0.1) is 0 Å². The molecule has 2 atom stereocenters. The van der Waals surface area contributed by atoms with E-state index >= 15 is 0 Å². The van der Waals surface area contributed by atoms with Crippen molar-refractivity contribution in [2.75, 3.05) is 19.7 Å². The van der Waals surface area contributed by atoms with Crippen LogP contribution in [0.15, 0.2) is 27.5 Å². The van der Waals surface area contributed by atoms with E-state index in [0.717, 1.165) is 5.56 Å². The number of H-pyrrole nitrogens is 1. The number of benzene rings is 1. The van der Waals surface area contributed by atoms with E-state index in [1.807, 2.05) is 6.07 Å². The van der Waals surface area contributed by atoms with Crippen molar-refractivity contribution < 1.29 is 14.1 Å². The first kappa shape index (κ1) is 20.7. The Morgan fingerprint density at radius 2 is 2.15 bits per heavy atom. The van der Waals surface area contributed by atoms with E-state index in [9.17, 15) is 9.59 Å². The maximum atomic E-state index is 12.3. The maximum Gasteiger partial charge on any atom is 0.438 e. The van der Waals surface area contributed by atoms with Gasteiger partial charge in [-0.1, -0.05) is 34.4 Å². The van der Waals surface area contributed by atoms with Gasteiger partial charge in [-0.3, -0.25) is 14.3 Å². The number of rotatable bonds is 4. The largest absolute Gasteiger partial charge is 0.438 e. The summed E-state index contributed by atoms with van der Waals surface area (Å²) in [5, 5.41) is 10.5. The molecule has 26 heavy (non-hydrogen) atoms. The SMILES string of the molecule is Cl.O=C(Cc1noc(=O)[nH]1)N[C@@H]1CNCCO[C@H]1c1ccc(Cl)c(Cl)c1. The van der Waals surface area contributed by atoms with Crippen LogP contribution in [-0.2, 0) is 16.0 Å². The molecular weight excluding hydrogens is 407 g/mol. The van der Waals surface area contributed by atoms with Crippen LogP contribution in [-0.4, -0.2) is 41.8 Å². The van der Waals surface area contributed by atoms with E-state index in [4.69, 9.17) is 27.9 Å². The number of ether oxygens (including phenoxy) is 1. The molecule has 8 nitrogen and oxygen atoms in total. The van der Waals surface area contributed by atoms with Gasteiger partial charge in [0.25, 0.3) is 0 Å². The average Bonchev–Trinajstić information content (AvgIpc) is 2.83. The monoisotopic (exact) mass is 422 g/mol. The lowest BCUT2D eigenvalue weighted by Crippen LogP contribution is -2.45. The second-order valence-electron chi connectivity index (χ2n) is 5.56. The molecule has 11 heteroatoms. The smallest absolute Gasteiger partial charge is 0.370 e. The highest BCUT2D eigenvalue weighted by Gasteiger charge is 2.28. The van der Waals surface area contributed by atoms with Crippen molar-refractivity contribution in [1.82, 2.24) is 20.8 Å². The van der Waals surface area contributed by atoms with Crippen molar-refractivity contribution >= 4 is 41.5 Å². The Hall–Kier alpha value is -1.58. The molecule has 2 aromatic rings. The summed E-state index contributed by atoms with van der Waals surface area (Å²) in [4.78, 5) is 25.5. The normalized spacial score (nSPS) is 20.1. The van der Waals surface area contributed by atoms with Crippen LogP contribution in [0.1, 0.15) is 17.5 Å². The van der Waals surface area contributed by atoms with Gasteiger partial charge in [0.05, 0.1) is 29.1 Å². The molecule has 1 aliphatic rings. The molecule has 0 aliphatic carbocycles. The van der Waals surface area contributed by atoms with E-state index in [2.05, 4.69) is 25.3 Å². The highest BCUT2D eigenvalue weighted by atomic mass is 35.5. The summed E-state index contributed by atoms with van der Waals surface area (Å²) in [6, 6.07) is 4.91. The molecule has 1 aromatic heterocycles. The third-order valence-electron chi connectivity index (χ3n) is 3.74. The number of hydrogen-bond acceptors (Lipinski definition) is 6. The van der Waals surface area contributed by atoms with Gasteiger partial charge in [0.15, 0.2) is 5.82 Å². The number of nitrogens with one attached hydrogen (secondary N) is 3. The number of aromatic amines is 1. The van der Waals surface area contributed by atoms with Gasteiger partial charge in [-0.2, -0.15) is 0 Å². The Morgan fingerprint density at radius 3 is 2.85 bits per heavy atom. The zero-order valence-corrected chi connectivity index (χ0v) is 15.8. The first-order chi connectivity index (χ1) is 12.0. The number of amides is 1. The van der Waals surface area contributed by atoms with Crippen molar-refractivity contribution in [1.29, 1.82) is 0 Å². The van der Waals surface area contributed by atoms with Gasteiger partial charge in [0.2, 0.25) is 5.91 Å². The summed E-state index contributed by atoms with van der Waals surface area (Å²) in [6.07, 6.45) is -0.485. The van der Waals surface area contributed by atoms with Gasteiger partial charge in [-0.15, -0.1) is 12.4 Å². The second kappa shape index (κ2) is 9.38. The first-order valence-corrected chi connectivity index (χ1v) is 8.40. The van der Waals surface area contributed by atoms with Crippen LogP contribution < -0.4 is 16.4 Å². The van der Waals surface area contributed by atoms with E-state index in [-0.39, 0.29) is 42.7 Å². The van der Waals surface area contributed by atoms with E-state index in [1.54, 1.807) is 12.1 Å². The van der Waals surface area contributed by atoms with Gasteiger partial charge >= 0.3 is 5.76 Å². The van der Waals surface area contributed by atoms with Gasteiger partial charge < -0.3 is 15.4 Å². The minimum absolute atomic E-state index is 0. The molecule has 0 saturated carbocycles. The van der Waals surface area contributed by atoms with Crippen LogP contribution >= 0.6 is 35.6 Å². The van der Waals surface area contributed by atoms with Crippen LogP contribution in [0.2, 0.25) is 10.0 Å². The molecule has 0 bridgehead atoms. The highest BCUT2D eigenvalue weighted by molar-refractivity contribution is 6.42. The Kier molecular flexibility index (Phi) is 7.48. The van der Waals surface area contributed by atoms with Crippen LogP contribution in [0.3, 0.4) is 0 Å². The topological polar surface area (TPSA) is 109 Å². The van der Waals surface area contributed by atoms with Crippen LogP contribution in [0.4, 0.5) is 0 Å². The van der Waals surface area contributed by atoms with Crippen LogP contribution in [0.5, 0.6) is 0 Å². The molecule has 2 heterocycles. The molecule has 3 N–H and O–H groups in total. The number of carbonyl (C=O) groups is 1. The lowest BCUT2D eigenvalue weighted by atomic mass is 10.0. The van der Waals surface area contributed by atoms with Crippen molar-refractivity contribution in [3.8, 4) is 0 Å². The third kappa shape index (κ3) is 5.21. The molecule has 1 aromatic carbocycles. The molecule has 0 unspecified atom stereocenters. The standard InChI is InChI=1S/C15H16Cl2N4O4.ClH/c16-9-2-1-8(5-10(9)17)14-11(7-18-3-4-24-14)19-13(22)6-12-20-15(23)25-21-12;/h1-2,5,11,14,18H,3-4,6-7H2,(H,19,22)(H,20,21,23);1H/t11-,14+;/m1./s1. The predicted octanol–water partition coefficient (Wildman–Crippen LogP) is 1.48.